The van der Waals surface area contributed by atoms with Crippen LogP contribution in [0.2, 0.25) is 0 Å². The van der Waals surface area contributed by atoms with Crippen LogP contribution in [0.3, 0.4) is 0 Å². The van der Waals surface area contributed by atoms with E-state index >= 15 is 0 Å². The van der Waals surface area contributed by atoms with Crippen molar-refractivity contribution in [1.29, 1.82) is 0 Å². The molecular formula is C11H15FO. The first kappa shape index (κ1) is 7.36. The SMILES string of the molecule is [2H]C([2H])(c1c(F)cccc1OC)C(C)C. The van der Waals surface area contributed by atoms with Crippen LogP contribution >= 0.6 is 0 Å². The Morgan fingerprint density at radius 1 is 1.54 bits per heavy atom. The van der Waals surface area contributed by atoms with Crippen molar-refractivity contribution in [2.75, 3.05) is 7.11 Å². The van der Waals surface area contributed by atoms with Crippen LogP contribution in [-0.2, 0) is 6.37 Å². The van der Waals surface area contributed by atoms with E-state index in [9.17, 15) is 4.39 Å². The van der Waals surface area contributed by atoms with E-state index in [-0.39, 0.29) is 17.2 Å². The summed E-state index contributed by atoms with van der Waals surface area (Å²) < 4.78 is 34.3. The molecule has 0 saturated carbocycles. The molecule has 0 heterocycles. The minimum Gasteiger partial charge on any atom is -0.496 e. The lowest BCUT2D eigenvalue weighted by Crippen LogP contribution is -2.00. The Hall–Kier alpha value is -1.05. The molecule has 1 aromatic rings. The molecule has 13 heavy (non-hydrogen) atoms. The van der Waals surface area contributed by atoms with E-state index in [1.807, 2.05) is 0 Å². The van der Waals surface area contributed by atoms with Crippen LogP contribution in [0.4, 0.5) is 4.39 Å². The van der Waals surface area contributed by atoms with Crippen LogP contribution in [0.1, 0.15) is 22.2 Å². The summed E-state index contributed by atoms with van der Waals surface area (Å²) >= 11 is 0. The predicted octanol–water partition coefficient (Wildman–Crippen LogP) is 3.03. The summed E-state index contributed by atoms with van der Waals surface area (Å²) in [5, 5.41) is 0. The molecule has 0 aliphatic heterocycles. The van der Waals surface area contributed by atoms with Crippen LogP contribution in [0, 0.1) is 11.7 Å². The normalized spacial score (nSPS) is 13.9. The maximum atomic E-state index is 13.6. The Morgan fingerprint density at radius 3 is 2.77 bits per heavy atom. The van der Waals surface area contributed by atoms with Crippen molar-refractivity contribution in [3.8, 4) is 5.75 Å². The van der Waals surface area contributed by atoms with E-state index in [4.69, 9.17) is 7.48 Å². The second-order valence-corrected chi connectivity index (χ2v) is 3.12. The van der Waals surface area contributed by atoms with Gasteiger partial charge < -0.3 is 4.74 Å². The molecule has 0 N–H and O–H groups in total. The zero-order valence-electron chi connectivity index (χ0n) is 10.1. The van der Waals surface area contributed by atoms with Crippen molar-refractivity contribution in [3.63, 3.8) is 0 Å². The van der Waals surface area contributed by atoms with E-state index in [2.05, 4.69) is 0 Å². The van der Waals surface area contributed by atoms with Crippen LogP contribution in [0.25, 0.3) is 0 Å². The fourth-order valence-electron chi connectivity index (χ4n) is 1.10. The highest BCUT2D eigenvalue weighted by Gasteiger charge is 2.09. The Morgan fingerprint density at radius 2 is 2.23 bits per heavy atom. The van der Waals surface area contributed by atoms with Crippen LogP contribution in [0.15, 0.2) is 18.2 Å². The van der Waals surface area contributed by atoms with E-state index in [1.54, 1.807) is 19.9 Å². The van der Waals surface area contributed by atoms with Crippen molar-refractivity contribution < 1.29 is 11.9 Å². The van der Waals surface area contributed by atoms with Gasteiger partial charge in [0.15, 0.2) is 0 Å². The summed E-state index contributed by atoms with van der Waals surface area (Å²) in [4.78, 5) is 0. The van der Waals surface area contributed by atoms with Crippen LogP contribution < -0.4 is 4.74 Å². The van der Waals surface area contributed by atoms with Gasteiger partial charge in [-0.05, 0) is 24.4 Å². The molecule has 0 amide bonds. The van der Waals surface area contributed by atoms with Crippen molar-refractivity contribution in [2.45, 2.75) is 20.2 Å². The van der Waals surface area contributed by atoms with Gasteiger partial charge in [0.1, 0.15) is 11.6 Å². The van der Waals surface area contributed by atoms with Gasteiger partial charge in [0.05, 0.1) is 7.11 Å². The van der Waals surface area contributed by atoms with E-state index in [0.29, 0.717) is 0 Å². The van der Waals surface area contributed by atoms with E-state index < -0.39 is 12.2 Å². The Bertz CT molecular complexity index is 350. The number of rotatable bonds is 3. The number of hydrogen-bond donors (Lipinski definition) is 0. The van der Waals surface area contributed by atoms with Crippen LogP contribution in [0.5, 0.6) is 5.75 Å². The molecule has 0 aromatic heterocycles. The average molecular weight is 184 g/mol. The summed E-state index contributed by atoms with van der Waals surface area (Å²) in [6, 6.07) is 4.32. The summed E-state index contributed by atoms with van der Waals surface area (Å²) in [5.41, 5.74) is 0.00231. The molecule has 0 unspecified atom stereocenters. The van der Waals surface area contributed by atoms with Crippen molar-refractivity contribution in [2.24, 2.45) is 5.92 Å². The number of hydrogen-bond acceptors (Lipinski definition) is 1. The smallest absolute Gasteiger partial charge is 0.130 e. The van der Waals surface area contributed by atoms with Gasteiger partial charge in [-0.2, -0.15) is 0 Å². The number of ether oxygens (including phenoxy) is 1. The highest BCUT2D eigenvalue weighted by Crippen LogP contribution is 2.23. The second-order valence-electron chi connectivity index (χ2n) is 3.12. The highest BCUT2D eigenvalue weighted by atomic mass is 19.1. The Balaban J connectivity index is 3.34. The maximum absolute atomic E-state index is 13.6. The lowest BCUT2D eigenvalue weighted by Gasteiger charge is -2.10. The molecule has 2 heteroatoms. The molecule has 0 saturated heterocycles. The number of methoxy groups -OCH3 is 1. The summed E-state index contributed by atoms with van der Waals surface area (Å²) in [6.45, 7) is 3.43. The number of halogens is 1. The fraction of sp³-hybridized carbons (Fsp3) is 0.455. The molecule has 0 bridgehead atoms. The predicted molar refractivity (Wildman–Crippen MR) is 51.5 cm³/mol. The quantitative estimate of drug-likeness (QED) is 0.701. The number of benzene rings is 1. The van der Waals surface area contributed by atoms with Gasteiger partial charge in [-0.15, -0.1) is 0 Å². The maximum Gasteiger partial charge on any atom is 0.130 e. The second kappa shape index (κ2) is 4.26. The molecule has 0 spiro atoms. The first-order chi connectivity index (χ1) is 6.91. The minimum atomic E-state index is -1.73. The van der Waals surface area contributed by atoms with Crippen LogP contribution in [-0.4, -0.2) is 7.11 Å². The molecule has 0 aliphatic carbocycles. The lowest BCUT2D eigenvalue weighted by atomic mass is 10.0. The first-order valence-corrected chi connectivity index (χ1v) is 4.24. The Kier molecular flexibility index (Phi) is 2.41. The van der Waals surface area contributed by atoms with Crippen molar-refractivity contribution in [1.82, 2.24) is 0 Å². The zero-order valence-corrected chi connectivity index (χ0v) is 8.10. The fourth-order valence-corrected chi connectivity index (χ4v) is 1.10. The Labute approximate surface area is 81.3 Å². The molecule has 0 aliphatic rings. The average Bonchev–Trinajstić information content (AvgIpc) is 2.16. The standard InChI is InChI=1S/C11H15FO/c1-8(2)7-9-10(12)5-4-6-11(9)13-3/h4-6,8H,7H2,1-3H3/i7D2. The monoisotopic (exact) mass is 184 g/mol. The third-order valence-corrected chi connectivity index (χ3v) is 1.63. The van der Waals surface area contributed by atoms with Gasteiger partial charge in [-0.3, -0.25) is 0 Å². The van der Waals surface area contributed by atoms with E-state index in [1.165, 1.54) is 19.2 Å². The minimum absolute atomic E-state index is 0.00231. The molecule has 0 atom stereocenters. The topological polar surface area (TPSA) is 9.23 Å². The third kappa shape index (κ3) is 2.44. The summed E-state index contributed by atoms with van der Waals surface area (Å²) in [6.07, 6.45) is -1.73. The molecule has 0 radical (unpaired) electrons. The van der Waals surface area contributed by atoms with Crippen molar-refractivity contribution in [3.05, 3.63) is 29.6 Å². The molecule has 0 fully saturated rings. The zero-order chi connectivity index (χ0) is 11.6. The van der Waals surface area contributed by atoms with Gasteiger partial charge in [0.2, 0.25) is 0 Å². The van der Waals surface area contributed by atoms with Gasteiger partial charge in [-0.25, -0.2) is 4.39 Å². The highest BCUT2D eigenvalue weighted by molar-refractivity contribution is 5.34. The van der Waals surface area contributed by atoms with Gasteiger partial charge in [0.25, 0.3) is 0 Å². The summed E-state index contributed by atoms with van der Waals surface area (Å²) in [5.74, 6) is -0.620. The summed E-state index contributed by atoms with van der Waals surface area (Å²) in [7, 11) is 1.41. The van der Waals surface area contributed by atoms with E-state index in [0.717, 1.165) is 0 Å². The molecular weight excluding hydrogens is 167 g/mol. The largest absolute Gasteiger partial charge is 0.496 e. The molecule has 1 nitrogen and oxygen atoms in total. The van der Waals surface area contributed by atoms with Gasteiger partial charge >= 0.3 is 0 Å². The molecule has 72 valence electrons. The third-order valence-electron chi connectivity index (χ3n) is 1.63. The van der Waals surface area contributed by atoms with Gasteiger partial charge in [-0.1, -0.05) is 19.9 Å². The van der Waals surface area contributed by atoms with Crippen molar-refractivity contribution >= 4 is 0 Å². The molecule has 1 aromatic carbocycles. The first-order valence-electron chi connectivity index (χ1n) is 5.24. The lowest BCUT2D eigenvalue weighted by molar-refractivity contribution is 0.400. The van der Waals surface area contributed by atoms with Gasteiger partial charge in [0, 0.05) is 8.30 Å². The molecule has 1 rings (SSSR count).